The van der Waals surface area contributed by atoms with Gasteiger partial charge in [0.25, 0.3) is 0 Å². The van der Waals surface area contributed by atoms with Crippen molar-refractivity contribution in [2.45, 2.75) is 53.0 Å². The number of benzene rings is 1. The van der Waals surface area contributed by atoms with Crippen LogP contribution in [-0.2, 0) is 6.42 Å². The van der Waals surface area contributed by atoms with Gasteiger partial charge in [0.05, 0.1) is 10.0 Å². The largest absolute Gasteiger partial charge is 0.312 e. The second-order valence-electron chi connectivity index (χ2n) is 7.08. The summed E-state index contributed by atoms with van der Waals surface area (Å²) < 4.78 is 0. The van der Waals surface area contributed by atoms with Crippen molar-refractivity contribution in [1.82, 2.24) is 5.32 Å². The Balaban J connectivity index is 2.70. The van der Waals surface area contributed by atoms with Gasteiger partial charge in [-0.05, 0) is 69.7 Å². The molecule has 1 aromatic rings. The fraction of sp³-hybridized carbons (Fsp3) is 0.647. The van der Waals surface area contributed by atoms with Gasteiger partial charge in [0.15, 0.2) is 0 Å². The molecule has 1 aromatic carbocycles. The molecule has 0 heterocycles. The summed E-state index contributed by atoms with van der Waals surface area (Å²) in [6.07, 6.45) is 2.25. The zero-order chi connectivity index (χ0) is 15.3. The van der Waals surface area contributed by atoms with E-state index in [9.17, 15) is 0 Å². The minimum absolute atomic E-state index is 0.160. The van der Waals surface area contributed by atoms with E-state index in [2.05, 4.69) is 46.0 Å². The molecule has 114 valence electrons. The van der Waals surface area contributed by atoms with E-state index in [-0.39, 0.29) is 5.54 Å². The number of rotatable bonds is 6. The monoisotopic (exact) mass is 315 g/mol. The average Bonchev–Trinajstić information content (AvgIpc) is 2.29. The molecule has 1 nitrogen and oxygen atoms in total. The lowest BCUT2D eigenvalue weighted by atomic mass is 9.90. The molecule has 1 N–H and O–H groups in total. The molecular weight excluding hydrogens is 289 g/mol. The molecular formula is C17H27Cl2N. The predicted molar refractivity (Wildman–Crippen MR) is 90.9 cm³/mol. The summed E-state index contributed by atoms with van der Waals surface area (Å²) in [5.41, 5.74) is 1.42. The fourth-order valence-electron chi connectivity index (χ4n) is 2.36. The maximum Gasteiger partial charge on any atom is 0.0595 e. The number of nitrogens with one attached hydrogen (secondary N) is 1. The van der Waals surface area contributed by atoms with Gasteiger partial charge in [-0.2, -0.15) is 0 Å². The standard InChI is InChI=1S/C17H27Cl2N/c1-12(2)8-14(11-20-17(3,4)5)9-13-6-7-15(18)16(19)10-13/h6-7,10,12,14,20H,8-9,11H2,1-5H3. The molecule has 3 heteroatoms. The third kappa shape index (κ3) is 6.97. The molecule has 1 rings (SSSR count). The van der Waals surface area contributed by atoms with Gasteiger partial charge >= 0.3 is 0 Å². The third-order valence-electron chi connectivity index (χ3n) is 3.23. The Hall–Kier alpha value is -0.240. The molecule has 0 aromatic heterocycles. The van der Waals surface area contributed by atoms with E-state index in [1.54, 1.807) is 0 Å². The second-order valence-corrected chi connectivity index (χ2v) is 7.89. The summed E-state index contributed by atoms with van der Waals surface area (Å²) in [5.74, 6) is 1.32. The lowest BCUT2D eigenvalue weighted by Crippen LogP contribution is -2.39. The van der Waals surface area contributed by atoms with Crippen LogP contribution in [0.1, 0.15) is 46.6 Å². The van der Waals surface area contributed by atoms with Crippen LogP contribution in [0.25, 0.3) is 0 Å². The van der Waals surface area contributed by atoms with Crippen LogP contribution in [-0.4, -0.2) is 12.1 Å². The third-order valence-corrected chi connectivity index (χ3v) is 3.97. The molecule has 0 fully saturated rings. The predicted octanol–water partition coefficient (Wildman–Crippen LogP) is 5.59. The van der Waals surface area contributed by atoms with Crippen molar-refractivity contribution in [2.75, 3.05) is 6.54 Å². The van der Waals surface area contributed by atoms with E-state index >= 15 is 0 Å². The number of hydrogen-bond donors (Lipinski definition) is 1. The Labute approximate surface area is 134 Å². The Morgan fingerprint density at radius 3 is 2.25 bits per heavy atom. The van der Waals surface area contributed by atoms with Gasteiger partial charge in [-0.1, -0.05) is 43.1 Å². The van der Waals surface area contributed by atoms with Crippen LogP contribution in [0.15, 0.2) is 18.2 Å². The van der Waals surface area contributed by atoms with Crippen LogP contribution in [0.4, 0.5) is 0 Å². The van der Waals surface area contributed by atoms with E-state index in [1.807, 2.05) is 12.1 Å². The van der Waals surface area contributed by atoms with Crippen molar-refractivity contribution in [3.8, 4) is 0 Å². The fourth-order valence-corrected chi connectivity index (χ4v) is 2.68. The molecule has 0 aliphatic rings. The first kappa shape index (κ1) is 17.8. The smallest absolute Gasteiger partial charge is 0.0595 e. The van der Waals surface area contributed by atoms with Crippen LogP contribution in [0.5, 0.6) is 0 Å². The maximum atomic E-state index is 6.11. The van der Waals surface area contributed by atoms with Crippen molar-refractivity contribution in [1.29, 1.82) is 0 Å². The zero-order valence-electron chi connectivity index (χ0n) is 13.3. The number of hydrogen-bond acceptors (Lipinski definition) is 1. The van der Waals surface area contributed by atoms with Gasteiger partial charge in [0.2, 0.25) is 0 Å². The summed E-state index contributed by atoms with van der Waals surface area (Å²) in [5, 5.41) is 4.89. The Morgan fingerprint density at radius 1 is 1.10 bits per heavy atom. The molecule has 0 spiro atoms. The molecule has 0 radical (unpaired) electrons. The molecule has 20 heavy (non-hydrogen) atoms. The van der Waals surface area contributed by atoms with E-state index in [4.69, 9.17) is 23.2 Å². The quantitative estimate of drug-likeness (QED) is 0.721. The summed E-state index contributed by atoms with van der Waals surface area (Å²) >= 11 is 12.1. The first-order chi connectivity index (χ1) is 9.17. The van der Waals surface area contributed by atoms with Crippen molar-refractivity contribution in [3.63, 3.8) is 0 Å². The van der Waals surface area contributed by atoms with Crippen LogP contribution >= 0.6 is 23.2 Å². The van der Waals surface area contributed by atoms with Crippen LogP contribution < -0.4 is 5.32 Å². The first-order valence-corrected chi connectivity index (χ1v) is 8.12. The van der Waals surface area contributed by atoms with Crippen molar-refractivity contribution >= 4 is 23.2 Å². The molecule has 0 amide bonds. The highest BCUT2D eigenvalue weighted by atomic mass is 35.5. The van der Waals surface area contributed by atoms with E-state index in [1.165, 1.54) is 12.0 Å². The minimum atomic E-state index is 0.160. The molecule has 0 saturated carbocycles. The first-order valence-electron chi connectivity index (χ1n) is 7.36. The van der Waals surface area contributed by atoms with Gasteiger partial charge in [-0.15, -0.1) is 0 Å². The van der Waals surface area contributed by atoms with Crippen LogP contribution in [0, 0.1) is 11.8 Å². The Bertz CT molecular complexity index is 421. The maximum absolute atomic E-state index is 6.11. The molecule has 1 unspecified atom stereocenters. The SMILES string of the molecule is CC(C)CC(CNC(C)(C)C)Cc1ccc(Cl)c(Cl)c1. The van der Waals surface area contributed by atoms with E-state index < -0.39 is 0 Å². The molecule has 0 saturated heterocycles. The van der Waals surface area contributed by atoms with Crippen LogP contribution in [0.2, 0.25) is 10.0 Å². The summed E-state index contributed by atoms with van der Waals surface area (Å²) in [6.45, 7) is 12.2. The van der Waals surface area contributed by atoms with E-state index in [0.29, 0.717) is 21.9 Å². The Morgan fingerprint density at radius 2 is 1.75 bits per heavy atom. The molecule has 0 bridgehead atoms. The van der Waals surface area contributed by atoms with E-state index in [0.717, 1.165) is 13.0 Å². The van der Waals surface area contributed by atoms with Gasteiger partial charge < -0.3 is 5.32 Å². The highest BCUT2D eigenvalue weighted by Crippen LogP contribution is 2.25. The minimum Gasteiger partial charge on any atom is -0.312 e. The highest BCUT2D eigenvalue weighted by Gasteiger charge is 2.16. The second kappa shape index (κ2) is 7.68. The average molecular weight is 316 g/mol. The summed E-state index contributed by atoms with van der Waals surface area (Å²) in [7, 11) is 0. The number of halogens is 2. The van der Waals surface area contributed by atoms with Gasteiger partial charge in [-0.3, -0.25) is 0 Å². The highest BCUT2D eigenvalue weighted by molar-refractivity contribution is 6.42. The Kier molecular flexibility index (Phi) is 6.84. The molecule has 0 aliphatic heterocycles. The van der Waals surface area contributed by atoms with Crippen molar-refractivity contribution < 1.29 is 0 Å². The summed E-state index contributed by atoms with van der Waals surface area (Å²) in [4.78, 5) is 0. The van der Waals surface area contributed by atoms with Gasteiger partial charge in [0.1, 0.15) is 0 Å². The van der Waals surface area contributed by atoms with Gasteiger partial charge in [-0.25, -0.2) is 0 Å². The van der Waals surface area contributed by atoms with Gasteiger partial charge in [0, 0.05) is 5.54 Å². The van der Waals surface area contributed by atoms with Crippen molar-refractivity contribution in [2.24, 2.45) is 11.8 Å². The topological polar surface area (TPSA) is 12.0 Å². The lowest BCUT2D eigenvalue weighted by molar-refractivity contribution is 0.331. The normalized spacial score (nSPS) is 13.8. The lowest BCUT2D eigenvalue weighted by Gasteiger charge is -2.26. The summed E-state index contributed by atoms with van der Waals surface area (Å²) in [6, 6.07) is 5.97. The molecule has 0 aliphatic carbocycles. The molecule has 1 atom stereocenters. The van der Waals surface area contributed by atoms with Crippen molar-refractivity contribution in [3.05, 3.63) is 33.8 Å². The zero-order valence-corrected chi connectivity index (χ0v) is 14.8. The van der Waals surface area contributed by atoms with Crippen LogP contribution in [0.3, 0.4) is 0 Å².